The topological polar surface area (TPSA) is 60.8 Å². The minimum Gasteiger partial charge on any atom is -0.463 e. The zero-order chi connectivity index (χ0) is 14.4. The Hall–Kier alpha value is -1.75. The van der Waals surface area contributed by atoms with E-state index in [-0.39, 0.29) is 11.3 Å². The van der Waals surface area contributed by atoms with Gasteiger partial charge in [-0.1, -0.05) is 19.9 Å². The first-order chi connectivity index (χ1) is 9.71. The highest BCUT2D eigenvalue weighted by molar-refractivity contribution is 6.28. The van der Waals surface area contributed by atoms with E-state index in [0.29, 0.717) is 18.9 Å². The molecule has 20 heavy (non-hydrogen) atoms. The maximum absolute atomic E-state index is 5.88. The van der Waals surface area contributed by atoms with Crippen molar-refractivity contribution in [3.05, 3.63) is 40.7 Å². The fourth-order valence-electron chi connectivity index (χ4n) is 1.64. The highest BCUT2D eigenvalue weighted by Crippen LogP contribution is 2.11. The largest absolute Gasteiger partial charge is 0.463 e. The van der Waals surface area contributed by atoms with Crippen molar-refractivity contribution in [2.45, 2.75) is 33.1 Å². The molecule has 0 amide bonds. The third-order valence-electron chi connectivity index (χ3n) is 2.70. The van der Waals surface area contributed by atoms with Gasteiger partial charge in [-0.05, 0) is 36.1 Å². The Morgan fingerprint density at radius 2 is 2.00 bits per heavy atom. The van der Waals surface area contributed by atoms with Gasteiger partial charge in [-0.3, -0.25) is 4.98 Å². The Kier molecular flexibility index (Phi) is 5.24. The molecule has 2 rings (SSSR count). The summed E-state index contributed by atoms with van der Waals surface area (Å²) in [6.45, 7) is 4.67. The van der Waals surface area contributed by atoms with Gasteiger partial charge in [0, 0.05) is 11.9 Å². The van der Waals surface area contributed by atoms with Crippen molar-refractivity contribution < 1.29 is 4.74 Å². The van der Waals surface area contributed by atoms with Crippen molar-refractivity contribution in [1.82, 2.24) is 19.9 Å². The highest BCUT2D eigenvalue weighted by atomic mass is 35.5. The summed E-state index contributed by atoms with van der Waals surface area (Å²) in [6, 6.07) is 4.30. The van der Waals surface area contributed by atoms with Gasteiger partial charge in [0.15, 0.2) is 0 Å². The molecular weight excluding hydrogens is 276 g/mol. The Morgan fingerprint density at radius 1 is 1.15 bits per heavy atom. The molecule has 0 radical (unpaired) electrons. The molecule has 0 N–H and O–H groups in total. The van der Waals surface area contributed by atoms with Crippen molar-refractivity contribution >= 4 is 11.6 Å². The van der Waals surface area contributed by atoms with Crippen LogP contribution in [0.1, 0.15) is 37.4 Å². The summed E-state index contributed by atoms with van der Waals surface area (Å²) in [4.78, 5) is 16.7. The fourth-order valence-corrected chi connectivity index (χ4v) is 1.81. The van der Waals surface area contributed by atoms with Crippen molar-refractivity contribution in [3.8, 4) is 6.01 Å². The van der Waals surface area contributed by atoms with E-state index >= 15 is 0 Å². The quantitative estimate of drug-likeness (QED) is 0.819. The smallest absolute Gasteiger partial charge is 0.320 e. The Morgan fingerprint density at radius 3 is 2.65 bits per heavy atom. The van der Waals surface area contributed by atoms with E-state index in [9.17, 15) is 0 Å². The van der Waals surface area contributed by atoms with Crippen molar-refractivity contribution in [2.24, 2.45) is 0 Å². The number of hydrogen-bond donors (Lipinski definition) is 0. The minimum atomic E-state index is 0.145. The van der Waals surface area contributed by atoms with Crippen LogP contribution in [0.4, 0.5) is 0 Å². The van der Waals surface area contributed by atoms with Crippen LogP contribution in [-0.2, 0) is 12.8 Å². The molecule has 0 fully saturated rings. The summed E-state index contributed by atoms with van der Waals surface area (Å²) < 4.78 is 5.38. The van der Waals surface area contributed by atoms with Gasteiger partial charge in [-0.2, -0.15) is 9.97 Å². The summed E-state index contributed by atoms with van der Waals surface area (Å²) in [5.41, 5.74) is 2.10. The molecule has 2 aromatic heterocycles. The number of aromatic nitrogens is 4. The number of hydrogen-bond acceptors (Lipinski definition) is 5. The molecule has 0 aliphatic rings. The minimum absolute atomic E-state index is 0.145. The van der Waals surface area contributed by atoms with E-state index in [0.717, 1.165) is 18.5 Å². The van der Waals surface area contributed by atoms with Crippen molar-refractivity contribution in [2.75, 3.05) is 6.61 Å². The first-order valence-corrected chi connectivity index (χ1v) is 7.06. The molecule has 2 aromatic rings. The van der Waals surface area contributed by atoms with Gasteiger partial charge in [-0.25, -0.2) is 4.98 Å². The second-order valence-electron chi connectivity index (χ2n) is 4.34. The maximum Gasteiger partial charge on any atom is 0.320 e. The lowest BCUT2D eigenvalue weighted by Crippen LogP contribution is -2.06. The zero-order valence-electron chi connectivity index (χ0n) is 11.6. The predicted octanol–water partition coefficient (Wildman–Crippen LogP) is 2.86. The molecule has 0 aromatic carbocycles. The number of rotatable bonds is 6. The molecular formula is C14H17ClN4O. The average Bonchev–Trinajstić information content (AvgIpc) is 2.45. The van der Waals surface area contributed by atoms with Crippen LogP contribution < -0.4 is 4.74 Å². The van der Waals surface area contributed by atoms with Crippen LogP contribution in [0.25, 0.3) is 0 Å². The predicted molar refractivity (Wildman–Crippen MR) is 77.0 cm³/mol. The molecule has 5 nitrogen and oxygen atoms in total. The number of aryl methyl sites for hydroxylation is 1. The summed E-state index contributed by atoms with van der Waals surface area (Å²) >= 11 is 5.88. The fraction of sp³-hybridized carbons (Fsp3) is 0.429. The first-order valence-electron chi connectivity index (χ1n) is 6.68. The maximum atomic E-state index is 5.88. The van der Waals surface area contributed by atoms with E-state index in [1.165, 1.54) is 5.56 Å². The van der Waals surface area contributed by atoms with Crippen molar-refractivity contribution in [3.63, 3.8) is 0 Å². The summed E-state index contributed by atoms with van der Waals surface area (Å²) in [5, 5.41) is 0.145. The number of halogens is 1. The molecule has 6 heteroatoms. The second kappa shape index (κ2) is 7.14. The highest BCUT2D eigenvalue weighted by Gasteiger charge is 2.07. The molecule has 0 spiro atoms. The summed E-state index contributed by atoms with van der Waals surface area (Å²) in [5.74, 6) is 0.563. The molecule has 0 saturated carbocycles. The van der Waals surface area contributed by atoms with Gasteiger partial charge in [0.2, 0.25) is 5.28 Å². The van der Waals surface area contributed by atoms with Crippen LogP contribution in [0, 0.1) is 0 Å². The SMILES string of the molecule is CCCOc1nc(Cl)nc(Cc2ccc(CC)cn2)n1. The molecule has 0 aliphatic heterocycles. The van der Waals surface area contributed by atoms with E-state index in [2.05, 4.69) is 32.9 Å². The van der Waals surface area contributed by atoms with Gasteiger partial charge in [-0.15, -0.1) is 0 Å². The lowest BCUT2D eigenvalue weighted by Gasteiger charge is -2.05. The Bertz CT molecular complexity index is 560. The lowest BCUT2D eigenvalue weighted by atomic mass is 10.2. The standard InChI is InChI=1S/C14H17ClN4O/c1-3-7-20-14-18-12(17-13(15)19-14)8-11-6-5-10(4-2)9-16-11/h5-6,9H,3-4,7-8H2,1-2H3. The number of nitrogens with zero attached hydrogens (tertiary/aromatic N) is 4. The van der Waals surface area contributed by atoms with Gasteiger partial charge in [0.05, 0.1) is 13.0 Å². The molecule has 0 bridgehead atoms. The van der Waals surface area contributed by atoms with Gasteiger partial charge < -0.3 is 4.74 Å². The molecule has 106 valence electrons. The van der Waals surface area contributed by atoms with E-state index < -0.39 is 0 Å². The first kappa shape index (κ1) is 14.7. The molecule has 0 atom stereocenters. The zero-order valence-corrected chi connectivity index (χ0v) is 12.4. The summed E-state index contributed by atoms with van der Waals surface area (Å²) in [6.07, 6.45) is 4.24. The molecule has 0 aliphatic carbocycles. The van der Waals surface area contributed by atoms with E-state index in [1.54, 1.807) is 0 Å². The summed E-state index contributed by atoms with van der Waals surface area (Å²) in [7, 11) is 0. The van der Waals surface area contributed by atoms with E-state index in [1.807, 2.05) is 19.2 Å². The van der Waals surface area contributed by atoms with E-state index in [4.69, 9.17) is 16.3 Å². The normalized spacial score (nSPS) is 10.6. The van der Waals surface area contributed by atoms with Gasteiger partial charge >= 0.3 is 6.01 Å². The number of pyridine rings is 1. The Labute approximate surface area is 123 Å². The third kappa shape index (κ3) is 4.13. The molecule has 0 saturated heterocycles. The van der Waals surface area contributed by atoms with Gasteiger partial charge in [0.25, 0.3) is 0 Å². The average molecular weight is 293 g/mol. The van der Waals surface area contributed by atoms with Crippen LogP contribution in [0.3, 0.4) is 0 Å². The third-order valence-corrected chi connectivity index (χ3v) is 2.87. The van der Waals surface area contributed by atoms with Crippen LogP contribution in [0.5, 0.6) is 6.01 Å². The number of ether oxygens (including phenoxy) is 1. The lowest BCUT2D eigenvalue weighted by molar-refractivity contribution is 0.290. The Balaban J connectivity index is 2.12. The monoisotopic (exact) mass is 292 g/mol. The van der Waals surface area contributed by atoms with Crippen molar-refractivity contribution in [1.29, 1.82) is 0 Å². The van der Waals surface area contributed by atoms with Crippen LogP contribution in [0.15, 0.2) is 18.3 Å². The van der Waals surface area contributed by atoms with Gasteiger partial charge in [0.1, 0.15) is 5.82 Å². The van der Waals surface area contributed by atoms with Crippen LogP contribution in [-0.4, -0.2) is 26.5 Å². The molecule has 0 unspecified atom stereocenters. The second-order valence-corrected chi connectivity index (χ2v) is 4.68. The van der Waals surface area contributed by atoms with Crippen LogP contribution in [0.2, 0.25) is 5.28 Å². The molecule has 2 heterocycles. The van der Waals surface area contributed by atoms with Crippen LogP contribution >= 0.6 is 11.6 Å².